The summed E-state index contributed by atoms with van der Waals surface area (Å²) in [5.74, 6) is 0. The van der Waals surface area contributed by atoms with Gasteiger partial charge in [-0.3, -0.25) is 0 Å². The molecule has 2 nitrogen and oxygen atoms in total. The molecule has 0 fully saturated rings. The van der Waals surface area contributed by atoms with Crippen molar-refractivity contribution in [2.24, 2.45) is 0 Å². The van der Waals surface area contributed by atoms with Crippen LogP contribution >= 0.6 is 0 Å². The molecule has 0 heterocycles. The summed E-state index contributed by atoms with van der Waals surface area (Å²) in [5.41, 5.74) is 8.13. The van der Waals surface area contributed by atoms with Gasteiger partial charge in [-0.15, -0.1) is 75.5 Å². The molecule has 56 heavy (non-hydrogen) atoms. The van der Waals surface area contributed by atoms with Crippen molar-refractivity contribution in [1.29, 1.82) is 0 Å². The molecule has 10 aromatic carbocycles. The standard InChI is InChI=1S/2C25H19.C3H7O2.Zr/c2*1-2-17-13-20-9-5-11-22(24(20)14-17)23-12-6-10-21-15-18-7-3-4-8-19(18)16-25(21)23;4-2-1-3-5;/h2*3-16H,2H2,1H3;2,4-5H,1,3H2;/q3*-1;+3. The van der Waals surface area contributed by atoms with Crippen molar-refractivity contribution in [2.45, 2.75) is 33.1 Å². The van der Waals surface area contributed by atoms with Gasteiger partial charge in [0.25, 0.3) is 0 Å². The number of aryl methyl sites for hydroxylation is 2. The largest absolute Gasteiger partial charge is 3.00 e. The molecule has 0 aliphatic rings. The van der Waals surface area contributed by atoms with Crippen LogP contribution in [0, 0.1) is 6.61 Å². The Kier molecular flexibility index (Phi) is 12.4. The summed E-state index contributed by atoms with van der Waals surface area (Å²) < 4.78 is 0. The van der Waals surface area contributed by atoms with E-state index in [0.717, 1.165) is 19.4 Å². The molecule has 0 saturated heterocycles. The Labute approximate surface area is 348 Å². The molecule has 3 heteroatoms. The molecular formula is C53H45O2Zr. The fraction of sp³-hybridized carbons (Fsp3) is 0.113. The minimum absolute atomic E-state index is 0. The zero-order valence-electron chi connectivity index (χ0n) is 32.0. The predicted molar refractivity (Wildman–Crippen MR) is 237 cm³/mol. The molecule has 0 bridgehead atoms. The third-order valence-corrected chi connectivity index (χ3v) is 10.8. The Morgan fingerprint density at radius 2 is 0.786 bits per heavy atom. The summed E-state index contributed by atoms with van der Waals surface area (Å²) in [7, 11) is 0. The maximum atomic E-state index is 7.88. The molecule has 0 spiro atoms. The number of fused-ring (bicyclic) bond motifs is 6. The van der Waals surface area contributed by atoms with Crippen molar-refractivity contribution in [3.63, 3.8) is 0 Å². The second-order valence-electron chi connectivity index (χ2n) is 14.2. The van der Waals surface area contributed by atoms with Crippen molar-refractivity contribution in [3.8, 4) is 22.3 Å². The summed E-state index contributed by atoms with van der Waals surface area (Å²) in [5, 5.41) is 31.5. The number of aliphatic hydroxyl groups is 2. The van der Waals surface area contributed by atoms with Gasteiger partial charge in [0.1, 0.15) is 0 Å². The van der Waals surface area contributed by atoms with Gasteiger partial charge in [-0.2, -0.15) is 12.1 Å². The average molecular weight is 805 g/mol. The maximum absolute atomic E-state index is 7.88. The maximum Gasteiger partial charge on any atom is 3.00 e. The molecule has 0 saturated carbocycles. The molecular weight excluding hydrogens is 760 g/mol. The number of hydrogen-bond donors (Lipinski definition) is 2. The van der Waals surface area contributed by atoms with Crippen LogP contribution in [0.2, 0.25) is 0 Å². The molecule has 1 radical (unpaired) electrons. The SMILES string of the molecule is CCc1cc2c(-c3cccc4cc5ccccc5cc34)cccc2[cH-]1.CCc1cc2c(-c3cccc4cc5ccccc5cc34)cccc2[cH-]1.O[CH-]CCO.[Zr+3]. The van der Waals surface area contributed by atoms with Crippen molar-refractivity contribution in [3.05, 3.63) is 188 Å². The van der Waals surface area contributed by atoms with Crippen LogP contribution < -0.4 is 0 Å². The third-order valence-electron chi connectivity index (χ3n) is 10.8. The van der Waals surface area contributed by atoms with Crippen LogP contribution in [-0.2, 0) is 39.0 Å². The first kappa shape index (κ1) is 39.1. The third kappa shape index (κ3) is 7.91. The first-order valence-corrected chi connectivity index (χ1v) is 19.4. The fourth-order valence-corrected chi connectivity index (χ4v) is 7.93. The van der Waals surface area contributed by atoms with Crippen LogP contribution in [0.3, 0.4) is 0 Å². The van der Waals surface area contributed by atoms with E-state index in [-0.39, 0.29) is 32.8 Å². The van der Waals surface area contributed by atoms with Gasteiger partial charge in [0.2, 0.25) is 0 Å². The number of rotatable bonds is 6. The molecule has 10 aromatic rings. The second-order valence-corrected chi connectivity index (χ2v) is 14.2. The van der Waals surface area contributed by atoms with Crippen LogP contribution in [-0.4, -0.2) is 16.8 Å². The normalized spacial score (nSPS) is 11.1. The van der Waals surface area contributed by atoms with Crippen LogP contribution in [0.5, 0.6) is 0 Å². The Morgan fingerprint density at radius 3 is 1.14 bits per heavy atom. The second kappa shape index (κ2) is 17.7. The van der Waals surface area contributed by atoms with Crippen molar-refractivity contribution < 1.29 is 36.4 Å². The van der Waals surface area contributed by atoms with Gasteiger partial charge in [0.05, 0.1) is 0 Å². The predicted octanol–water partition coefficient (Wildman–Crippen LogP) is 14.1. The Morgan fingerprint density at radius 1 is 0.429 bits per heavy atom. The first-order valence-electron chi connectivity index (χ1n) is 19.4. The number of hydrogen-bond acceptors (Lipinski definition) is 2. The van der Waals surface area contributed by atoms with E-state index >= 15 is 0 Å². The Balaban J connectivity index is 0.000000151. The van der Waals surface area contributed by atoms with E-state index in [4.69, 9.17) is 10.2 Å². The molecule has 0 unspecified atom stereocenters. The van der Waals surface area contributed by atoms with Crippen molar-refractivity contribution in [2.75, 3.05) is 6.61 Å². The van der Waals surface area contributed by atoms with E-state index in [0.29, 0.717) is 6.42 Å². The van der Waals surface area contributed by atoms with Crippen LogP contribution in [0.25, 0.3) is 86.9 Å². The van der Waals surface area contributed by atoms with E-state index in [9.17, 15) is 0 Å². The van der Waals surface area contributed by atoms with Crippen molar-refractivity contribution in [1.82, 2.24) is 0 Å². The minimum atomic E-state index is 0. The quantitative estimate of drug-likeness (QED) is 0.130. The zero-order chi connectivity index (χ0) is 37.7. The topological polar surface area (TPSA) is 40.5 Å². The van der Waals surface area contributed by atoms with Crippen LogP contribution in [0.1, 0.15) is 31.4 Å². The van der Waals surface area contributed by atoms with E-state index in [1.807, 2.05) is 0 Å². The van der Waals surface area contributed by atoms with Crippen LogP contribution in [0.4, 0.5) is 0 Å². The molecule has 0 amide bonds. The van der Waals surface area contributed by atoms with Gasteiger partial charge in [-0.05, 0) is 91.3 Å². The van der Waals surface area contributed by atoms with Gasteiger partial charge in [-0.1, -0.05) is 122 Å². The smallest absolute Gasteiger partial charge is 0.566 e. The van der Waals surface area contributed by atoms with Gasteiger partial charge in [0.15, 0.2) is 0 Å². The molecule has 0 atom stereocenters. The molecule has 0 aliphatic heterocycles. The van der Waals surface area contributed by atoms with Gasteiger partial charge in [0, 0.05) is 6.61 Å². The molecule has 273 valence electrons. The number of benzene rings is 8. The molecule has 2 N–H and O–H groups in total. The van der Waals surface area contributed by atoms with E-state index in [2.05, 4.69) is 184 Å². The van der Waals surface area contributed by atoms with E-state index < -0.39 is 0 Å². The monoisotopic (exact) mass is 803 g/mol. The van der Waals surface area contributed by atoms with Gasteiger partial charge >= 0.3 is 26.2 Å². The summed E-state index contributed by atoms with van der Waals surface area (Å²) in [6, 6.07) is 62.4. The van der Waals surface area contributed by atoms with E-state index in [1.54, 1.807) is 0 Å². The summed E-state index contributed by atoms with van der Waals surface area (Å²) in [4.78, 5) is 0. The summed E-state index contributed by atoms with van der Waals surface area (Å²) in [6.45, 7) is 5.41. The zero-order valence-corrected chi connectivity index (χ0v) is 34.4. The molecule has 10 rings (SSSR count). The van der Waals surface area contributed by atoms with Gasteiger partial charge < -0.3 is 10.2 Å². The van der Waals surface area contributed by atoms with Crippen LogP contribution in [0.15, 0.2) is 170 Å². The Bertz CT molecular complexity index is 2710. The van der Waals surface area contributed by atoms with Crippen molar-refractivity contribution >= 4 is 64.6 Å². The number of aliphatic hydroxyl groups excluding tert-OH is 2. The van der Waals surface area contributed by atoms with Gasteiger partial charge in [-0.25, -0.2) is 6.61 Å². The summed E-state index contributed by atoms with van der Waals surface area (Å²) >= 11 is 0. The molecule has 0 aliphatic carbocycles. The minimum Gasteiger partial charge on any atom is -0.566 e. The molecule has 0 aromatic heterocycles. The van der Waals surface area contributed by atoms with E-state index in [1.165, 1.54) is 98.0 Å². The average Bonchev–Trinajstić information content (AvgIpc) is 3.87. The summed E-state index contributed by atoms with van der Waals surface area (Å²) in [6.07, 6.45) is 2.53. The Hall–Kier alpha value is -5.18. The fourth-order valence-electron chi connectivity index (χ4n) is 7.93. The first-order chi connectivity index (χ1) is 27.1.